The van der Waals surface area contributed by atoms with Crippen LogP contribution >= 0.6 is 23.4 Å². The largest absolute Gasteiger partial charge is 0.490 e. The highest BCUT2D eigenvalue weighted by Crippen LogP contribution is 2.33. The summed E-state index contributed by atoms with van der Waals surface area (Å²) >= 11 is 7.15. The number of rotatable bonds is 7. The van der Waals surface area contributed by atoms with Gasteiger partial charge in [0.1, 0.15) is 12.4 Å². The fraction of sp³-hybridized carbons (Fsp3) is 0.120. The van der Waals surface area contributed by atoms with E-state index in [4.69, 9.17) is 21.1 Å². The van der Waals surface area contributed by atoms with Gasteiger partial charge in [-0.05, 0) is 84.4 Å². The molecule has 1 fully saturated rings. The predicted octanol–water partition coefficient (Wildman–Crippen LogP) is 6.35. The normalized spacial score (nSPS) is 15.7. The van der Waals surface area contributed by atoms with E-state index >= 15 is 0 Å². The number of hydrogen-bond donors (Lipinski definition) is 1. The Morgan fingerprint density at radius 2 is 1.79 bits per heavy atom. The number of thioether (sulfide) groups is 1. The maximum absolute atomic E-state index is 13.1. The summed E-state index contributed by atoms with van der Waals surface area (Å²) < 4.78 is 24.8. The summed E-state index contributed by atoms with van der Waals surface area (Å²) in [6.07, 6.45) is 1.76. The minimum Gasteiger partial charge on any atom is -0.490 e. The smallest absolute Gasteiger partial charge is 0.264 e. The average Bonchev–Trinajstić information content (AvgIpc) is 3.14. The molecule has 0 atom stereocenters. The minimum absolute atomic E-state index is 0.248. The molecule has 168 valence electrons. The second-order valence-corrected chi connectivity index (χ2v) is 8.48. The number of carbonyl (C=O) groups excluding carboxylic acids is 1. The summed E-state index contributed by atoms with van der Waals surface area (Å²) in [5.74, 6) is 0.607. The molecule has 4 rings (SSSR count). The number of aliphatic imine (C=N–C) groups is 1. The van der Waals surface area contributed by atoms with Crippen molar-refractivity contribution in [2.45, 2.75) is 13.5 Å². The number of nitrogens with one attached hydrogen (secondary N) is 1. The molecule has 1 aliphatic rings. The lowest BCUT2D eigenvalue weighted by Crippen LogP contribution is -2.19. The predicted molar refractivity (Wildman–Crippen MR) is 131 cm³/mol. The third-order valence-electron chi connectivity index (χ3n) is 4.58. The van der Waals surface area contributed by atoms with Crippen LogP contribution in [0.4, 0.5) is 10.1 Å². The minimum atomic E-state index is -0.340. The molecule has 3 aromatic carbocycles. The SMILES string of the molecule is CCOc1cc(C=C2SC(=Nc3ccc(F)cc3)NC2=O)ccc1OCc1ccc(Cl)cc1. The average molecular weight is 483 g/mol. The van der Waals surface area contributed by atoms with E-state index in [9.17, 15) is 9.18 Å². The van der Waals surface area contributed by atoms with E-state index in [1.165, 1.54) is 23.9 Å². The van der Waals surface area contributed by atoms with Crippen molar-refractivity contribution in [2.24, 2.45) is 4.99 Å². The van der Waals surface area contributed by atoms with Gasteiger partial charge in [-0.1, -0.05) is 29.8 Å². The lowest BCUT2D eigenvalue weighted by Gasteiger charge is -2.13. The van der Waals surface area contributed by atoms with Crippen LogP contribution in [-0.2, 0) is 11.4 Å². The van der Waals surface area contributed by atoms with E-state index in [2.05, 4.69) is 10.3 Å². The monoisotopic (exact) mass is 482 g/mol. The van der Waals surface area contributed by atoms with Crippen LogP contribution in [0.3, 0.4) is 0 Å². The second-order valence-electron chi connectivity index (χ2n) is 7.01. The number of hydrogen-bond acceptors (Lipinski definition) is 5. The number of carbonyl (C=O) groups is 1. The first-order chi connectivity index (χ1) is 16.0. The van der Waals surface area contributed by atoms with Gasteiger partial charge >= 0.3 is 0 Å². The number of amides is 1. The topological polar surface area (TPSA) is 59.9 Å². The lowest BCUT2D eigenvalue weighted by atomic mass is 10.2. The van der Waals surface area contributed by atoms with Crippen molar-refractivity contribution in [3.63, 3.8) is 0 Å². The summed E-state index contributed by atoms with van der Waals surface area (Å²) in [7, 11) is 0. The maximum atomic E-state index is 13.1. The Kier molecular flexibility index (Phi) is 7.32. The van der Waals surface area contributed by atoms with Crippen molar-refractivity contribution < 1.29 is 18.7 Å². The van der Waals surface area contributed by atoms with Gasteiger partial charge in [0.05, 0.1) is 17.2 Å². The van der Waals surface area contributed by atoms with E-state index in [0.29, 0.717) is 45.5 Å². The van der Waals surface area contributed by atoms with E-state index < -0.39 is 0 Å². The van der Waals surface area contributed by atoms with Crippen LogP contribution in [0.25, 0.3) is 6.08 Å². The van der Waals surface area contributed by atoms with Crippen molar-refractivity contribution in [1.82, 2.24) is 5.32 Å². The summed E-state index contributed by atoms with van der Waals surface area (Å²) in [5, 5.41) is 3.84. The Balaban J connectivity index is 1.49. The highest BCUT2D eigenvalue weighted by Gasteiger charge is 2.24. The molecule has 0 unspecified atom stereocenters. The molecular weight excluding hydrogens is 463 g/mol. The van der Waals surface area contributed by atoms with Gasteiger partial charge in [0.2, 0.25) is 0 Å². The second kappa shape index (κ2) is 10.6. The Labute approximate surface area is 200 Å². The van der Waals surface area contributed by atoms with Crippen LogP contribution < -0.4 is 14.8 Å². The molecule has 8 heteroatoms. The molecule has 1 saturated heterocycles. The molecule has 3 aromatic rings. The van der Waals surface area contributed by atoms with Crippen LogP contribution in [-0.4, -0.2) is 17.7 Å². The van der Waals surface area contributed by atoms with Crippen molar-refractivity contribution in [1.29, 1.82) is 0 Å². The van der Waals surface area contributed by atoms with Crippen LogP contribution in [0.1, 0.15) is 18.1 Å². The van der Waals surface area contributed by atoms with Crippen molar-refractivity contribution in [2.75, 3.05) is 6.61 Å². The van der Waals surface area contributed by atoms with Gasteiger partial charge in [-0.25, -0.2) is 9.38 Å². The zero-order valence-corrected chi connectivity index (χ0v) is 19.3. The molecule has 1 aliphatic heterocycles. The number of benzene rings is 3. The van der Waals surface area contributed by atoms with Crippen molar-refractivity contribution >= 4 is 46.2 Å². The molecule has 0 radical (unpaired) electrons. The Hall–Kier alpha value is -3.29. The Morgan fingerprint density at radius 3 is 2.52 bits per heavy atom. The van der Waals surface area contributed by atoms with E-state index in [1.807, 2.05) is 49.4 Å². The van der Waals surface area contributed by atoms with E-state index in [-0.39, 0.29) is 11.7 Å². The molecule has 0 saturated carbocycles. The number of amidine groups is 1. The number of nitrogens with zero attached hydrogens (tertiary/aromatic N) is 1. The molecule has 1 heterocycles. The van der Waals surface area contributed by atoms with E-state index in [0.717, 1.165) is 11.1 Å². The van der Waals surface area contributed by atoms with Crippen LogP contribution in [0, 0.1) is 5.82 Å². The molecule has 0 aromatic heterocycles. The molecule has 0 aliphatic carbocycles. The quantitative estimate of drug-likeness (QED) is 0.399. The Bertz CT molecular complexity index is 1210. The van der Waals surface area contributed by atoms with Crippen LogP contribution in [0.15, 0.2) is 76.6 Å². The fourth-order valence-electron chi connectivity index (χ4n) is 3.01. The number of ether oxygens (including phenoxy) is 2. The van der Waals surface area contributed by atoms with Crippen LogP contribution in [0.5, 0.6) is 11.5 Å². The zero-order valence-electron chi connectivity index (χ0n) is 17.7. The standard InChI is InChI=1S/C25H20ClFN2O3S/c1-2-31-22-13-17(5-12-21(22)32-15-16-3-6-18(26)7-4-16)14-23-24(30)29-25(33-23)28-20-10-8-19(27)9-11-20/h3-14H,2,15H2,1H3,(H,28,29,30). The molecule has 5 nitrogen and oxygen atoms in total. The molecule has 1 N–H and O–H groups in total. The molecular formula is C25H20ClFN2O3S. The highest BCUT2D eigenvalue weighted by atomic mass is 35.5. The first-order valence-corrected chi connectivity index (χ1v) is 11.4. The van der Waals surface area contributed by atoms with E-state index in [1.54, 1.807) is 18.2 Å². The lowest BCUT2D eigenvalue weighted by molar-refractivity contribution is -0.115. The summed E-state index contributed by atoms with van der Waals surface area (Å²) in [6, 6.07) is 18.7. The maximum Gasteiger partial charge on any atom is 0.264 e. The summed E-state index contributed by atoms with van der Waals surface area (Å²) in [4.78, 5) is 17.2. The highest BCUT2D eigenvalue weighted by molar-refractivity contribution is 8.18. The zero-order chi connectivity index (χ0) is 23.2. The van der Waals surface area contributed by atoms with Gasteiger partial charge in [0.15, 0.2) is 16.7 Å². The van der Waals surface area contributed by atoms with Crippen molar-refractivity contribution in [3.05, 3.63) is 93.6 Å². The third-order valence-corrected chi connectivity index (χ3v) is 5.74. The first kappa shape index (κ1) is 22.9. The van der Waals surface area contributed by atoms with Gasteiger partial charge in [0.25, 0.3) is 5.91 Å². The summed E-state index contributed by atoms with van der Waals surface area (Å²) in [5.41, 5.74) is 2.33. The Morgan fingerprint density at radius 1 is 1.03 bits per heavy atom. The van der Waals surface area contributed by atoms with Gasteiger partial charge in [-0.3, -0.25) is 4.79 Å². The molecule has 33 heavy (non-hydrogen) atoms. The van der Waals surface area contributed by atoms with Gasteiger partial charge < -0.3 is 14.8 Å². The van der Waals surface area contributed by atoms with Crippen molar-refractivity contribution in [3.8, 4) is 11.5 Å². The number of halogens is 2. The molecule has 0 spiro atoms. The van der Waals surface area contributed by atoms with Gasteiger partial charge in [0, 0.05) is 5.02 Å². The first-order valence-electron chi connectivity index (χ1n) is 10.2. The van der Waals surface area contributed by atoms with Crippen LogP contribution in [0.2, 0.25) is 5.02 Å². The van der Waals surface area contributed by atoms with Gasteiger partial charge in [-0.2, -0.15) is 0 Å². The fourth-order valence-corrected chi connectivity index (χ4v) is 3.98. The molecule has 0 bridgehead atoms. The third kappa shape index (κ3) is 6.15. The molecule has 1 amide bonds. The van der Waals surface area contributed by atoms with Gasteiger partial charge in [-0.15, -0.1) is 0 Å². The summed E-state index contributed by atoms with van der Waals surface area (Å²) in [6.45, 7) is 2.74.